The van der Waals surface area contributed by atoms with Gasteiger partial charge in [-0.25, -0.2) is 4.98 Å². The van der Waals surface area contributed by atoms with E-state index in [2.05, 4.69) is 20.4 Å². The molecule has 0 saturated heterocycles. The number of rotatable bonds is 4. The van der Waals surface area contributed by atoms with Gasteiger partial charge in [-0.05, 0) is 38.3 Å². The van der Waals surface area contributed by atoms with E-state index in [1.165, 1.54) is 4.40 Å². The smallest absolute Gasteiger partial charge is 0.275 e. The zero-order chi connectivity index (χ0) is 16.8. The second-order valence-corrected chi connectivity index (χ2v) is 6.15. The third-order valence-electron chi connectivity index (χ3n) is 4.04. The molecule has 0 aliphatic heterocycles. The highest BCUT2D eigenvalue weighted by Crippen LogP contribution is 2.38. The Balaban J connectivity index is 1.55. The predicted octanol–water partition coefficient (Wildman–Crippen LogP) is 2.53. The number of hydrogen-bond donors (Lipinski definition) is 1. The van der Waals surface area contributed by atoms with Crippen LogP contribution in [0.4, 0.5) is 4.39 Å². The average molecular weight is 329 g/mol. The normalized spacial score (nSPS) is 15.6. The summed E-state index contributed by atoms with van der Waals surface area (Å²) in [5, 5.41) is 6.56. The molecule has 0 spiro atoms. The molecule has 1 fully saturated rings. The van der Waals surface area contributed by atoms with E-state index in [9.17, 15) is 9.18 Å². The van der Waals surface area contributed by atoms with Gasteiger partial charge < -0.3 is 9.84 Å². The SMILES string of the molecule is Cc1ccc2nc(C(=O)NC(C)c3nc(C4CC4)no3)c(F)n2c1. The molecule has 24 heavy (non-hydrogen) atoms. The molecule has 1 aliphatic rings. The highest BCUT2D eigenvalue weighted by atomic mass is 19.1. The van der Waals surface area contributed by atoms with E-state index in [4.69, 9.17) is 4.52 Å². The first kappa shape index (κ1) is 14.8. The van der Waals surface area contributed by atoms with Crippen LogP contribution in [0.25, 0.3) is 5.65 Å². The molecule has 1 amide bonds. The molecule has 1 atom stereocenters. The second kappa shape index (κ2) is 5.40. The van der Waals surface area contributed by atoms with Crippen molar-refractivity contribution in [3.8, 4) is 0 Å². The number of aryl methyl sites for hydroxylation is 1. The Hall–Kier alpha value is -2.77. The monoisotopic (exact) mass is 329 g/mol. The molecule has 124 valence electrons. The first-order valence-electron chi connectivity index (χ1n) is 7.81. The lowest BCUT2D eigenvalue weighted by Gasteiger charge is -2.07. The summed E-state index contributed by atoms with van der Waals surface area (Å²) in [5.41, 5.74) is 0.997. The van der Waals surface area contributed by atoms with E-state index >= 15 is 0 Å². The lowest BCUT2D eigenvalue weighted by molar-refractivity contribution is 0.0923. The topological polar surface area (TPSA) is 85.3 Å². The van der Waals surface area contributed by atoms with Gasteiger partial charge in [0.15, 0.2) is 11.5 Å². The molecule has 1 unspecified atom stereocenters. The third kappa shape index (κ3) is 2.53. The first-order chi connectivity index (χ1) is 11.5. The molecule has 3 aromatic rings. The Morgan fingerprint density at radius 3 is 2.96 bits per heavy atom. The summed E-state index contributed by atoms with van der Waals surface area (Å²) in [6, 6.07) is 2.95. The van der Waals surface area contributed by atoms with Gasteiger partial charge in [-0.2, -0.15) is 9.37 Å². The van der Waals surface area contributed by atoms with Crippen LogP contribution in [-0.2, 0) is 0 Å². The van der Waals surface area contributed by atoms with Crippen molar-refractivity contribution >= 4 is 11.6 Å². The Labute approximate surface area is 136 Å². The second-order valence-electron chi connectivity index (χ2n) is 6.15. The average Bonchev–Trinajstić information content (AvgIpc) is 3.19. The van der Waals surface area contributed by atoms with Crippen molar-refractivity contribution in [2.24, 2.45) is 0 Å². The van der Waals surface area contributed by atoms with Gasteiger partial charge in [-0.1, -0.05) is 11.2 Å². The highest BCUT2D eigenvalue weighted by molar-refractivity contribution is 5.93. The van der Waals surface area contributed by atoms with Crippen LogP contribution in [0.2, 0.25) is 0 Å². The van der Waals surface area contributed by atoms with Crippen LogP contribution in [0.15, 0.2) is 22.9 Å². The Kier molecular flexibility index (Phi) is 3.33. The van der Waals surface area contributed by atoms with Crippen molar-refractivity contribution < 1.29 is 13.7 Å². The molecule has 3 aromatic heterocycles. The number of hydrogen-bond acceptors (Lipinski definition) is 5. The standard InChI is InChI=1S/C16H16FN5O2/c1-8-3-6-11-19-12(13(17)22(11)7-8)15(23)18-9(2)16-20-14(21-24-16)10-4-5-10/h3,6-7,9-10H,4-5H2,1-2H3,(H,18,23). The van der Waals surface area contributed by atoms with Gasteiger partial charge in [-0.3, -0.25) is 9.20 Å². The fourth-order valence-electron chi connectivity index (χ4n) is 2.52. The van der Waals surface area contributed by atoms with Crippen molar-refractivity contribution in [2.45, 2.75) is 38.6 Å². The number of fused-ring (bicyclic) bond motifs is 1. The molecule has 4 rings (SSSR count). The van der Waals surface area contributed by atoms with Crippen molar-refractivity contribution in [1.29, 1.82) is 0 Å². The van der Waals surface area contributed by atoms with E-state index in [-0.39, 0.29) is 5.69 Å². The van der Waals surface area contributed by atoms with Gasteiger partial charge in [0.05, 0.1) is 0 Å². The summed E-state index contributed by atoms with van der Waals surface area (Å²) in [5.74, 6) is 0.0328. The van der Waals surface area contributed by atoms with Crippen LogP contribution in [0.3, 0.4) is 0 Å². The van der Waals surface area contributed by atoms with Gasteiger partial charge in [0.25, 0.3) is 5.91 Å². The molecule has 1 aliphatic carbocycles. The quantitative estimate of drug-likeness (QED) is 0.795. The van der Waals surface area contributed by atoms with Crippen molar-refractivity contribution in [3.05, 3.63) is 47.2 Å². The van der Waals surface area contributed by atoms with Crippen LogP contribution in [0.1, 0.15) is 59.5 Å². The van der Waals surface area contributed by atoms with Crippen LogP contribution in [-0.4, -0.2) is 25.4 Å². The lowest BCUT2D eigenvalue weighted by Crippen LogP contribution is -2.28. The van der Waals surface area contributed by atoms with Crippen molar-refractivity contribution in [1.82, 2.24) is 24.8 Å². The van der Waals surface area contributed by atoms with Gasteiger partial charge in [0.2, 0.25) is 11.8 Å². The van der Waals surface area contributed by atoms with Gasteiger partial charge in [0, 0.05) is 12.1 Å². The van der Waals surface area contributed by atoms with Crippen LogP contribution in [0, 0.1) is 12.9 Å². The molecular weight excluding hydrogens is 313 g/mol. The molecule has 7 nitrogen and oxygen atoms in total. The summed E-state index contributed by atoms with van der Waals surface area (Å²) >= 11 is 0. The van der Waals surface area contributed by atoms with Crippen molar-refractivity contribution in [3.63, 3.8) is 0 Å². The zero-order valence-electron chi connectivity index (χ0n) is 13.3. The molecule has 0 radical (unpaired) electrons. The van der Waals surface area contributed by atoms with E-state index in [0.29, 0.717) is 23.3 Å². The van der Waals surface area contributed by atoms with Crippen LogP contribution < -0.4 is 5.32 Å². The third-order valence-corrected chi connectivity index (χ3v) is 4.04. The number of pyridine rings is 1. The summed E-state index contributed by atoms with van der Waals surface area (Å²) < 4.78 is 20.8. The predicted molar refractivity (Wildman–Crippen MR) is 82.0 cm³/mol. The Morgan fingerprint density at radius 1 is 1.42 bits per heavy atom. The van der Waals surface area contributed by atoms with Crippen LogP contribution in [0.5, 0.6) is 0 Å². The van der Waals surface area contributed by atoms with Gasteiger partial charge >= 0.3 is 0 Å². The minimum Gasteiger partial charge on any atom is -0.339 e. The highest BCUT2D eigenvalue weighted by Gasteiger charge is 2.30. The van der Waals surface area contributed by atoms with Crippen molar-refractivity contribution in [2.75, 3.05) is 0 Å². The minimum atomic E-state index is -0.692. The van der Waals surface area contributed by atoms with Crippen LogP contribution >= 0.6 is 0 Å². The fourth-order valence-corrected chi connectivity index (χ4v) is 2.52. The number of amides is 1. The fraction of sp³-hybridized carbons (Fsp3) is 0.375. The number of halogens is 1. The maximum atomic E-state index is 14.4. The molecule has 8 heteroatoms. The number of imidazole rings is 1. The zero-order valence-corrected chi connectivity index (χ0v) is 13.3. The van der Waals surface area contributed by atoms with E-state index < -0.39 is 17.9 Å². The largest absolute Gasteiger partial charge is 0.339 e. The molecule has 0 aromatic carbocycles. The minimum absolute atomic E-state index is 0.255. The van der Waals surface area contributed by atoms with Gasteiger partial charge in [-0.15, -0.1) is 0 Å². The first-order valence-corrected chi connectivity index (χ1v) is 7.81. The molecular formula is C16H16FN5O2. The van der Waals surface area contributed by atoms with E-state index in [1.807, 2.05) is 13.0 Å². The Bertz CT molecular complexity index is 928. The number of carbonyl (C=O) groups is 1. The molecule has 3 heterocycles. The maximum absolute atomic E-state index is 14.4. The van der Waals surface area contributed by atoms with E-state index in [0.717, 1.165) is 18.4 Å². The number of nitrogens with one attached hydrogen (secondary N) is 1. The van der Waals surface area contributed by atoms with Gasteiger partial charge in [0.1, 0.15) is 11.7 Å². The number of aromatic nitrogens is 4. The number of carbonyl (C=O) groups excluding carboxylic acids is 1. The lowest BCUT2D eigenvalue weighted by atomic mass is 10.3. The summed E-state index contributed by atoms with van der Waals surface area (Å²) in [4.78, 5) is 20.7. The molecule has 1 N–H and O–H groups in total. The molecule has 0 bridgehead atoms. The van der Waals surface area contributed by atoms with E-state index in [1.54, 1.807) is 19.2 Å². The number of nitrogens with zero attached hydrogens (tertiary/aromatic N) is 4. The summed E-state index contributed by atoms with van der Waals surface area (Å²) in [6.07, 6.45) is 3.72. The Morgan fingerprint density at radius 2 is 2.21 bits per heavy atom. The maximum Gasteiger partial charge on any atom is 0.275 e. The molecule has 1 saturated carbocycles. The summed E-state index contributed by atoms with van der Waals surface area (Å²) in [7, 11) is 0. The summed E-state index contributed by atoms with van der Waals surface area (Å²) in [6.45, 7) is 3.55.